The van der Waals surface area contributed by atoms with E-state index >= 15 is 0 Å². The molecule has 0 aliphatic carbocycles. The van der Waals surface area contributed by atoms with Crippen LogP contribution in [-0.4, -0.2) is 57.7 Å². The van der Waals surface area contributed by atoms with Crippen molar-refractivity contribution in [3.05, 3.63) is 86.8 Å². The van der Waals surface area contributed by atoms with Gasteiger partial charge in [-0.2, -0.15) is 15.2 Å². The van der Waals surface area contributed by atoms with E-state index in [2.05, 4.69) is 25.2 Å². The van der Waals surface area contributed by atoms with E-state index in [0.717, 1.165) is 9.13 Å². The van der Waals surface area contributed by atoms with Crippen molar-refractivity contribution in [3.8, 4) is 6.01 Å². The lowest BCUT2D eigenvalue weighted by atomic mass is 10.2. The highest BCUT2D eigenvalue weighted by atomic mass is 35.5. The van der Waals surface area contributed by atoms with Gasteiger partial charge in [0.15, 0.2) is 17.5 Å². The van der Waals surface area contributed by atoms with E-state index in [-0.39, 0.29) is 34.3 Å². The molecule has 0 atom stereocenters. The summed E-state index contributed by atoms with van der Waals surface area (Å²) in [5.41, 5.74) is -0.911. The van der Waals surface area contributed by atoms with Crippen LogP contribution in [0.2, 0.25) is 5.02 Å². The fourth-order valence-corrected chi connectivity index (χ4v) is 4.35. The van der Waals surface area contributed by atoms with Crippen LogP contribution in [0.3, 0.4) is 0 Å². The van der Waals surface area contributed by atoms with Crippen molar-refractivity contribution in [3.63, 3.8) is 0 Å². The van der Waals surface area contributed by atoms with E-state index in [1.165, 1.54) is 11.0 Å². The summed E-state index contributed by atoms with van der Waals surface area (Å²) in [4.78, 5) is 38.9. The fourth-order valence-electron chi connectivity index (χ4n) is 4.15. The average Bonchev–Trinajstić information content (AvgIpc) is 3.53. The Hall–Kier alpha value is -5.19. The normalized spacial score (nSPS) is 11.9. The van der Waals surface area contributed by atoms with Crippen LogP contribution in [0.5, 0.6) is 6.01 Å². The van der Waals surface area contributed by atoms with E-state index in [1.807, 2.05) is 0 Å². The Morgan fingerprint density at radius 3 is 2.47 bits per heavy atom. The molecule has 0 N–H and O–H groups in total. The molecular weight excluding hydrogens is 623 g/mol. The van der Waals surface area contributed by atoms with Crippen LogP contribution in [0.25, 0.3) is 10.9 Å². The van der Waals surface area contributed by atoms with Gasteiger partial charge in [-0.3, -0.25) is 13.9 Å². The van der Waals surface area contributed by atoms with Crippen molar-refractivity contribution in [2.24, 2.45) is 19.1 Å². The molecule has 14 nitrogen and oxygen atoms in total. The lowest BCUT2D eigenvalue weighted by Gasteiger charge is -2.16. The molecule has 0 fully saturated rings. The second kappa shape index (κ2) is 12.8. The number of fused-ring (bicyclic) bond motifs is 1. The fraction of sp³-hybridized carbons (Fsp3) is 0.296. The number of rotatable bonds is 9. The third-order valence-corrected chi connectivity index (χ3v) is 6.40. The molecular formula is C27H25ClF3N9O5. The van der Waals surface area contributed by atoms with Gasteiger partial charge in [0.25, 0.3) is 0 Å². The Morgan fingerprint density at radius 1 is 1.00 bits per heavy atom. The maximum absolute atomic E-state index is 14.8. The summed E-state index contributed by atoms with van der Waals surface area (Å²) < 4.78 is 62.9. The largest absolute Gasteiger partial charge is 0.511 e. The van der Waals surface area contributed by atoms with Gasteiger partial charge in [0, 0.05) is 37.3 Å². The highest BCUT2D eigenvalue weighted by Crippen LogP contribution is 2.29. The van der Waals surface area contributed by atoms with Gasteiger partial charge in [0.05, 0.1) is 35.4 Å². The lowest BCUT2D eigenvalue weighted by Crippen LogP contribution is -2.43. The van der Waals surface area contributed by atoms with Crippen molar-refractivity contribution >= 4 is 34.3 Å². The Kier molecular flexibility index (Phi) is 8.89. The maximum Gasteiger partial charge on any atom is 0.511 e. The standard InChI is InChI=1S/C27H25ClF3N9O5/c1-14(2)45-27(42)44-13-43-25-34-24(33-22-6-16-9-37(3)35-21(16)7-17(22)28)39(10-15-5-19(30)20(31)8-18(15)29)26(41)40(25)11-23-32-12-38(4)36-23/h5-9,12,14H,10-11,13H2,1-4H3. The summed E-state index contributed by atoms with van der Waals surface area (Å²) in [6.45, 7) is 1.58. The predicted octanol–water partition coefficient (Wildman–Crippen LogP) is 3.36. The Balaban J connectivity index is 1.69. The predicted molar refractivity (Wildman–Crippen MR) is 151 cm³/mol. The highest BCUT2D eigenvalue weighted by molar-refractivity contribution is 6.33. The number of halogens is 4. The second-order valence-electron chi connectivity index (χ2n) is 9.94. The van der Waals surface area contributed by atoms with Crippen LogP contribution in [-0.2, 0) is 36.7 Å². The molecule has 0 spiro atoms. The summed E-state index contributed by atoms with van der Waals surface area (Å²) in [5.74, 6) is -3.69. The molecule has 0 radical (unpaired) electrons. The number of benzene rings is 2. The molecule has 0 aliphatic rings. The number of carbonyl (C=O) groups excluding carboxylic acids is 1. The van der Waals surface area contributed by atoms with Crippen molar-refractivity contribution < 1.29 is 32.2 Å². The molecule has 0 unspecified atom stereocenters. The molecule has 3 heterocycles. The first-order valence-corrected chi connectivity index (χ1v) is 13.6. The van der Waals surface area contributed by atoms with Crippen molar-refractivity contribution in [2.45, 2.75) is 33.0 Å². The maximum atomic E-state index is 14.8. The minimum Gasteiger partial charge on any atom is -0.431 e. The average molecular weight is 648 g/mol. The second-order valence-corrected chi connectivity index (χ2v) is 10.3. The van der Waals surface area contributed by atoms with E-state index < -0.39 is 54.7 Å². The van der Waals surface area contributed by atoms with E-state index in [4.69, 9.17) is 25.8 Å². The number of nitrogens with zero attached hydrogens (tertiary/aromatic N) is 9. The summed E-state index contributed by atoms with van der Waals surface area (Å²) >= 11 is 6.48. The minimum atomic E-state index is -1.40. The van der Waals surface area contributed by atoms with Gasteiger partial charge in [-0.15, -0.1) is 0 Å². The van der Waals surface area contributed by atoms with Crippen molar-refractivity contribution in [1.82, 2.24) is 38.7 Å². The summed E-state index contributed by atoms with van der Waals surface area (Å²) in [5, 5.41) is 9.24. The Bertz CT molecular complexity index is 2040. The number of hydrogen-bond donors (Lipinski definition) is 0. The highest BCUT2D eigenvalue weighted by Gasteiger charge is 2.20. The van der Waals surface area contributed by atoms with Gasteiger partial charge in [-0.1, -0.05) is 11.6 Å². The number of aryl methyl sites for hydroxylation is 2. The van der Waals surface area contributed by atoms with Crippen molar-refractivity contribution in [2.75, 3.05) is 6.79 Å². The minimum absolute atomic E-state index is 0.137. The number of hydrogen-bond acceptors (Lipinski definition) is 10. The molecule has 0 aliphatic heterocycles. The van der Waals surface area contributed by atoms with Crippen LogP contribution >= 0.6 is 11.6 Å². The quantitative estimate of drug-likeness (QED) is 0.134. The molecule has 5 aromatic rings. The first kappa shape index (κ1) is 31.2. The monoisotopic (exact) mass is 647 g/mol. The molecule has 0 amide bonds. The third kappa shape index (κ3) is 7.14. The summed E-state index contributed by atoms with van der Waals surface area (Å²) in [6, 6.07) is 3.73. The van der Waals surface area contributed by atoms with Gasteiger partial charge in [0.2, 0.25) is 12.4 Å². The van der Waals surface area contributed by atoms with Gasteiger partial charge < -0.3 is 14.2 Å². The van der Waals surface area contributed by atoms with Gasteiger partial charge in [0.1, 0.15) is 12.1 Å². The zero-order valence-electron chi connectivity index (χ0n) is 24.2. The molecule has 236 valence electrons. The van der Waals surface area contributed by atoms with Crippen LogP contribution in [0.1, 0.15) is 25.2 Å². The van der Waals surface area contributed by atoms with Crippen LogP contribution < -0.4 is 16.0 Å². The SMILES string of the molecule is CC(C)OC(=O)OCOc1nc(=Nc2cc3cn(C)nc3cc2Cl)n(Cc2cc(F)c(F)cc2F)c(=O)n1Cc1ncn(C)n1. The van der Waals surface area contributed by atoms with Crippen molar-refractivity contribution in [1.29, 1.82) is 0 Å². The molecule has 45 heavy (non-hydrogen) atoms. The van der Waals surface area contributed by atoms with E-state index in [1.54, 1.807) is 51.0 Å². The first-order valence-electron chi connectivity index (χ1n) is 13.2. The molecule has 0 saturated heterocycles. The molecule has 2 aromatic carbocycles. The van der Waals surface area contributed by atoms with Crippen LogP contribution in [0.4, 0.5) is 23.7 Å². The van der Waals surface area contributed by atoms with Crippen LogP contribution in [0.15, 0.2) is 46.6 Å². The molecule has 5 rings (SSSR count). The summed E-state index contributed by atoms with van der Waals surface area (Å²) in [6.07, 6.45) is 1.60. The van der Waals surface area contributed by atoms with E-state index in [9.17, 15) is 22.8 Å². The Morgan fingerprint density at radius 2 is 1.76 bits per heavy atom. The molecule has 18 heteroatoms. The smallest absolute Gasteiger partial charge is 0.431 e. The molecule has 0 bridgehead atoms. The number of aromatic nitrogens is 8. The number of carbonyl (C=O) groups is 1. The van der Waals surface area contributed by atoms with Crippen LogP contribution in [0, 0.1) is 17.5 Å². The number of ether oxygens (including phenoxy) is 3. The topological polar surface area (TPSA) is 145 Å². The van der Waals surface area contributed by atoms with Gasteiger partial charge >= 0.3 is 17.9 Å². The molecule has 3 aromatic heterocycles. The van der Waals surface area contributed by atoms with Gasteiger partial charge in [-0.25, -0.2) is 37.3 Å². The zero-order valence-corrected chi connectivity index (χ0v) is 25.0. The lowest BCUT2D eigenvalue weighted by molar-refractivity contribution is -0.0127. The zero-order chi connectivity index (χ0) is 32.4. The molecule has 0 saturated carbocycles. The van der Waals surface area contributed by atoms with Gasteiger partial charge in [-0.05, 0) is 32.0 Å². The first-order chi connectivity index (χ1) is 21.4. The summed E-state index contributed by atoms with van der Waals surface area (Å²) in [7, 11) is 3.33. The Labute approximate surface area is 256 Å². The van der Waals surface area contributed by atoms with E-state index in [0.29, 0.717) is 23.0 Å². The third-order valence-electron chi connectivity index (χ3n) is 6.10.